The van der Waals surface area contributed by atoms with Gasteiger partial charge in [-0.25, -0.2) is 0 Å². The number of hydrogen-bond donors (Lipinski definition) is 1. The molecule has 3 rings (SSSR count). The van der Waals surface area contributed by atoms with Crippen molar-refractivity contribution in [2.24, 2.45) is 12.8 Å². The fourth-order valence-electron chi connectivity index (χ4n) is 3.30. The van der Waals surface area contributed by atoms with E-state index in [1.54, 1.807) is 11.6 Å². The Kier molecular flexibility index (Phi) is 4.40. The van der Waals surface area contributed by atoms with E-state index in [9.17, 15) is 10.1 Å². The Morgan fingerprint density at radius 1 is 1.04 bits per heavy atom. The van der Waals surface area contributed by atoms with Crippen LogP contribution in [0.5, 0.6) is 0 Å². The molecular formula is C21H19N3O. The number of hydrogen-bond acceptors (Lipinski definition) is 2. The summed E-state index contributed by atoms with van der Waals surface area (Å²) in [5.41, 5.74) is 10.9. The molecule has 1 heterocycles. The van der Waals surface area contributed by atoms with Crippen molar-refractivity contribution in [1.82, 2.24) is 4.57 Å². The van der Waals surface area contributed by atoms with Crippen molar-refractivity contribution in [2.45, 2.75) is 13.3 Å². The molecule has 0 radical (unpaired) electrons. The zero-order chi connectivity index (χ0) is 18.0. The third-order valence-electron chi connectivity index (χ3n) is 4.48. The van der Waals surface area contributed by atoms with Gasteiger partial charge in [0, 0.05) is 18.3 Å². The Hall–Kier alpha value is -3.32. The van der Waals surface area contributed by atoms with E-state index >= 15 is 0 Å². The van der Waals surface area contributed by atoms with Crippen LogP contribution in [0.15, 0.2) is 54.6 Å². The van der Waals surface area contributed by atoms with Crippen LogP contribution in [0.25, 0.3) is 22.3 Å². The molecule has 0 fully saturated rings. The number of nitrogens with two attached hydrogens (primary N) is 1. The number of nitriles is 1. The van der Waals surface area contributed by atoms with Gasteiger partial charge in [-0.05, 0) is 23.1 Å². The monoisotopic (exact) mass is 329 g/mol. The van der Waals surface area contributed by atoms with Crippen molar-refractivity contribution >= 4 is 5.91 Å². The van der Waals surface area contributed by atoms with E-state index in [0.29, 0.717) is 23.2 Å². The van der Waals surface area contributed by atoms with Crippen LogP contribution in [-0.4, -0.2) is 10.5 Å². The number of amides is 1. The molecule has 1 amide bonds. The molecule has 2 aromatic carbocycles. The van der Waals surface area contributed by atoms with Crippen molar-refractivity contribution in [2.75, 3.05) is 0 Å². The zero-order valence-electron chi connectivity index (χ0n) is 14.3. The fraction of sp³-hybridized carbons (Fsp3) is 0.143. The third kappa shape index (κ3) is 2.81. The van der Waals surface area contributed by atoms with E-state index in [4.69, 9.17) is 5.73 Å². The summed E-state index contributed by atoms with van der Waals surface area (Å²) in [5, 5.41) is 9.63. The van der Waals surface area contributed by atoms with Crippen molar-refractivity contribution < 1.29 is 4.79 Å². The van der Waals surface area contributed by atoms with E-state index in [2.05, 4.69) is 6.07 Å². The number of aromatic nitrogens is 1. The predicted molar refractivity (Wildman–Crippen MR) is 98.9 cm³/mol. The average molecular weight is 329 g/mol. The minimum Gasteiger partial charge on any atom is -0.364 e. The van der Waals surface area contributed by atoms with E-state index in [1.165, 1.54) is 0 Å². The van der Waals surface area contributed by atoms with Crippen molar-refractivity contribution in [1.29, 1.82) is 5.26 Å². The van der Waals surface area contributed by atoms with Gasteiger partial charge in [-0.1, -0.05) is 61.5 Å². The van der Waals surface area contributed by atoms with Crippen LogP contribution in [0.3, 0.4) is 0 Å². The van der Waals surface area contributed by atoms with E-state index < -0.39 is 5.91 Å². The number of primary amides is 1. The smallest absolute Gasteiger partial charge is 0.266 e. The lowest BCUT2D eigenvalue weighted by Crippen LogP contribution is -2.17. The maximum atomic E-state index is 12.0. The van der Waals surface area contributed by atoms with Gasteiger partial charge in [-0.2, -0.15) is 5.26 Å². The standard InChI is InChI=1S/C21H19N3O/c1-3-18-17(13-22)19(20(21(23)25)24(18)2)16-11-9-15(10-12-16)14-7-5-4-6-8-14/h4-12H,3H2,1-2H3,(H2,23,25). The first-order valence-electron chi connectivity index (χ1n) is 8.15. The van der Waals surface area contributed by atoms with Crippen molar-refractivity contribution in [3.8, 4) is 28.3 Å². The molecular weight excluding hydrogens is 310 g/mol. The molecule has 3 aromatic rings. The molecule has 1 aromatic heterocycles. The molecule has 25 heavy (non-hydrogen) atoms. The summed E-state index contributed by atoms with van der Waals surface area (Å²) in [6, 6.07) is 20.2. The number of carbonyl (C=O) groups is 1. The fourth-order valence-corrected chi connectivity index (χ4v) is 3.30. The summed E-state index contributed by atoms with van der Waals surface area (Å²) in [4.78, 5) is 12.0. The second-order valence-corrected chi connectivity index (χ2v) is 5.88. The van der Waals surface area contributed by atoms with Gasteiger partial charge in [0.05, 0.1) is 5.56 Å². The van der Waals surface area contributed by atoms with Gasteiger partial charge < -0.3 is 10.3 Å². The minimum absolute atomic E-state index is 0.376. The summed E-state index contributed by atoms with van der Waals surface area (Å²) < 4.78 is 1.74. The highest BCUT2D eigenvalue weighted by Crippen LogP contribution is 2.33. The summed E-state index contributed by atoms with van der Waals surface area (Å²) in [6.45, 7) is 1.96. The summed E-state index contributed by atoms with van der Waals surface area (Å²) in [5.74, 6) is -0.527. The van der Waals surface area contributed by atoms with Crippen LogP contribution < -0.4 is 5.73 Å². The molecule has 0 aliphatic carbocycles. The number of benzene rings is 2. The van der Waals surface area contributed by atoms with Crippen molar-refractivity contribution in [3.05, 3.63) is 71.5 Å². The zero-order valence-corrected chi connectivity index (χ0v) is 14.3. The van der Waals surface area contributed by atoms with Crippen LogP contribution >= 0.6 is 0 Å². The topological polar surface area (TPSA) is 71.8 Å². The summed E-state index contributed by atoms with van der Waals surface area (Å²) in [6.07, 6.45) is 0.655. The molecule has 4 nitrogen and oxygen atoms in total. The first-order chi connectivity index (χ1) is 12.1. The largest absolute Gasteiger partial charge is 0.364 e. The van der Waals surface area contributed by atoms with Crippen LogP contribution in [0.1, 0.15) is 28.7 Å². The van der Waals surface area contributed by atoms with Crippen LogP contribution in [0, 0.1) is 11.3 Å². The van der Waals surface area contributed by atoms with Crippen molar-refractivity contribution in [3.63, 3.8) is 0 Å². The highest BCUT2D eigenvalue weighted by molar-refractivity contribution is 6.00. The average Bonchev–Trinajstić information content (AvgIpc) is 2.94. The molecule has 0 aliphatic heterocycles. The molecule has 0 saturated heterocycles. The van der Waals surface area contributed by atoms with E-state index in [1.807, 2.05) is 61.5 Å². The molecule has 0 bridgehead atoms. The Morgan fingerprint density at radius 2 is 1.60 bits per heavy atom. The Balaban J connectivity index is 2.17. The highest BCUT2D eigenvalue weighted by Gasteiger charge is 2.24. The van der Waals surface area contributed by atoms with Crippen LogP contribution in [0.2, 0.25) is 0 Å². The summed E-state index contributed by atoms with van der Waals surface area (Å²) in [7, 11) is 1.78. The Bertz CT molecular complexity index is 961. The van der Waals surface area contributed by atoms with Gasteiger partial charge in [0.1, 0.15) is 11.8 Å². The molecule has 0 unspecified atom stereocenters. The molecule has 0 atom stereocenters. The van der Waals surface area contributed by atoms with E-state index in [-0.39, 0.29) is 0 Å². The Morgan fingerprint density at radius 3 is 2.12 bits per heavy atom. The first kappa shape index (κ1) is 16.5. The molecule has 2 N–H and O–H groups in total. The normalized spacial score (nSPS) is 10.4. The second-order valence-electron chi connectivity index (χ2n) is 5.88. The molecule has 0 spiro atoms. The molecule has 0 saturated carbocycles. The van der Waals surface area contributed by atoms with Gasteiger partial charge in [-0.15, -0.1) is 0 Å². The minimum atomic E-state index is -0.527. The lowest BCUT2D eigenvalue weighted by atomic mass is 9.97. The quantitative estimate of drug-likeness (QED) is 0.788. The number of carbonyl (C=O) groups excluding carboxylic acids is 1. The highest BCUT2D eigenvalue weighted by atomic mass is 16.1. The van der Waals surface area contributed by atoms with Gasteiger partial charge in [0.15, 0.2) is 0 Å². The van der Waals surface area contributed by atoms with E-state index in [0.717, 1.165) is 22.4 Å². The first-order valence-corrected chi connectivity index (χ1v) is 8.15. The maximum absolute atomic E-state index is 12.0. The lowest BCUT2D eigenvalue weighted by molar-refractivity contribution is 0.0993. The molecule has 4 heteroatoms. The summed E-state index contributed by atoms with van der Waals surface area (Å²) >= 11 is 0. The van der Waals surface area contributed by atoms with Gasteiger partial charge in [0.25, 0.3) is 5.91 Å². The second kappa shape index (κ2) is 6.66. The lowest BCUT2D eigenvalue weighted by Gasteiger charge is -2.07. The van der Waals surface area contributed by atoms with Gasteiger partial charge in [-0.3, -0.25) is 4.79 Å². The Labute approximate surface area is 147 Å². The van der Waals surface area contributed by atoms with Crippen LogP contribution in [-0.2, 0) is 13.5 Å². The number of rotatable bonds is 4. The van der Waals surface area contributed by atoms with Crippen LogP contribution in [0.4, 0.5) is 0 Å². The predicted octanol–water partition coefficient (Wildman–Crippen LogP) is 3.89. The van der Waals surface area contributed by atoms with Gasteiger partial charge >= 0.3 is 0 Å². The maximum Gasteiger partial charge on any atom is 0.266 e. The number of nitrogens with zero attached hydrogens (tertiary/aromatic N) is 2. The third-order valence-corrected chi connectivity index (χ3v) is 4.48. The van der Waals surface area contributed by atoms with Gasteiger partial charge in [0.2, 0.25) is 0 Å². The molecule has 124 valence electrons. The SMILES string of the molecule is CCc1c(C#N)c(-c2ccc(-c3ccccc3)cc2)c(C(N)=O)n1C. The molecule has 0 aliphatic rings.